The van der Waals surface area contributed by atoms with Crippen LogP contribution in [-0.2, 0) is 16.1 Å². The number of nitrogens with zero attached hydrogens (tertiary/aromatic N) is 1. The molecule has 25 heavy (non-hydrogen) atoms. The zero-order valence-corrected chi connectivity index (χ0v) is 14.2. The second kappa shape index (κ2) is 7.86. The van der Waals surface area contributed by atoms with E-state index in [2.05, 4.69) is 10.6 Å². The molecule has 0 aromatic heterocycles. The van der Waals surface area contributed by atoms with E-state index in [1.54, 1.807) is 24.3 Å². The maximum atomic E-state index is 12.4. The molecule has 2 amide bonds. The van der Waals surface area contributed by atoms with Gasteiger partial charge in [-0.05, 0) is 44.0 Å². The van der Waals surface area contributed by atoms with E-state index in [1.807, 2.05) is 6.92 Å². The molecule has 0 radical (unpaired) electrons. The molecule has 1 heterocycles. The molecule has 1 fully saturated rings. The first kappa shape index (κ1) is 19.2. The number of alkyl halides is 3. The summed E-state index contributed by atoms with van der Waals surface area (Å²) in [5.74, 6) is -2.08. The topological polar surface area (TPSA) is 61.4 Å². The van der Waals surface area contributed by atoms with Gasteiger partial charge in [0.05, 0.1) is 0 Å². The Kier molecular flexibility index (Phi) is 6.05. The first-order valence-corrected chi connectivity index (χ1v) is 8.12. The number of halogens is 3. The Morgan fingerprint density at radius 2 is 2.08 bits per heavy atom. The van der Waals surface area contributed by atoms with Crippen LogP contribution in [0.5, 0.6) is 0 Å². The van der Waals surface area contributed by atoms with E-state index in [9.17, 15) is 22.8 Å². The lowest BCUT2D eigenvalue weighted by molar-refractivity contribution is -0.184. The van der Waals surface area contributed by atoms with Crippen molar-refractivity contribution in [2.75, 3.05) is 18.9 Å². The van der Waals surface area contributed by atoms with E-state index in [1.165, 1.54) is 0 Å². The maximum absolute atomic E-state index is 12.4. The Bertz CT molecular complexity index is 634. The second-order valence-corrected chi connectivity index (χ2v) is 6.43. The van der Waals surface area contributed by atoms with Gasteiger partial charge in [-0.25, -0.2) is 0 Å². The van der Waals surface area contributed by atoms with Gasteiger partial charge in [0.1, 0.15) is 0 Å². The van der Waals surface area contributed by atoms with Gasteiger partial charge in [0.2, 0.25) is 5.91 Å². The van der Waals surface area contributed by atoms with Crippen molar-refractivity contribution in [3.63, 3.8) is 0 Å². The maximum Gasteiger partial charge on any atom is 0.471 e. The van der Waals surface area contributed by atoms with Crippen molar-refractivity contribution < 1.29 is 22.8 Å². The highest BCUT2D eigenvalue weighted by molar-refractivity contribution is 5.92. The third-order valence-corrected chi connectivity index (χ3v) is 4.20. The molecule has 2 N–H and O–H groups in total. The van der Waals surface area contributed by atoms with Crippen molar-refractivity contribution in [2.45, 2.75) is 38.5 Å². The Morgan fingerprint density at radius 3 is 2.72 bits per heavy atom. The molecule has 1 aliphatic rings. The number of benzene rings is 1. The zero-order valence-electron chi connectivity index (χ0n) is 14.2. The molecule has 138 valence electrons. The SMILES string of the molecule is C[C@H]1C[C@@H](C(=O)Nc2cccc(CN(C)C(=O)C(F)(F)F)c2)CCN1. The van der Waals surface area contributed by atoms with Gasteiger partial charge in [0.15, 0.2) is 0 Å². The van der Waals surface area contributed by atoms with Crippen molar-refractivity contribution in [3.8, 4) is 0 Å². The molecule has 2 atom stereocenters. The van der Waals surface area contributed by atoms with Crippen LogP contribution in [0.2, 0.25) is 0 Å². The molecule has 1 aromatic rings. The summed E-state index contributed by atoms with van der Waals surface area (Å²) in [5, 5.41) is 6.09. The normalized spacial score (nSPS) is 20.8. The number of hydrogen-bond donors (Lipinski definition) is 2. The fourth-order valence-corrected chi connectivity index (χ4v) is 2.92. The summed E-state index contributed by atoms with van der Waals surface area (Å²) in [6.45, 7) is 2.61. The van der Waals surface area contributed by atoms with Crippen molar-refractivity contribution in [1.82, 2.24) is 10.2 Å². The standard InChI is InChI=1S/C17H22F3N3O2/c1-11-8-13(6-7-21-11)15(24)22-14-5-3-4-12(9-14)10-23(2)16(25)17(18,19)20/h3-5,9,11,13,21H,6-8,10H2,1-2H3,(H,22,24)/t11-,13-/m0/s1. The minimum atomic E-state index is -4.90. The Balaban J connectivity index is 1.99. The molecular formula is C17H22F3N3O2. The van der Waals surface area contributed by atoms with Crippen molar-refractivity contribution in [2.24, 2.45) is 5.92 Å². The summed E-state index contributed by atoms with van der Waals surface area (Å²) in [5.41, 5.74) is 1.03. The lowest BCUT2D eigenvalue weighted by Crippen LogP contribution is -2.40. The van der Waals surface area contributed by atoms with E-state index in [4.69, 9.17) is 0 Å². The number of piperidine rings is 1. The highest BCUT2D eigenvalue weighted by Crippen LogP contribution is 2.21. The number of carbonyl (C=O) groups is 2. The summed E-state index contributed by atoms with van der Waals surface area (Å²) < 4.78 is 37.3. The van der Waals surface area contributed by atoms with Gasteiger partial charge >= 0.3 is 12.1 Å². The van der Waals surface area contributed by atoms with Crippen LogP contribution in [0.25, 0.3) is 0 Å². The van der Waals surface area contributed by atoms with Crippen LogP contribution in [0, 0.1) is 5.92 Å². The summed E-state index contributed by atoms with van der Waals surface area (Å²) in [4.78, 5) is 24.1. The average Bonchev–Trinajstić information content (AvgIpc) is 2.53. The Morgan fingerprint density at radius 1 is 1.36 bits per heavy atom. The smallest absolute Gasteiger partial charge is 0.334 e. The lowest BCUT2D eigenvalue weighted by Gasteiger charge is -2.27. The van der Waals surface area contributed by atoms with Crippen LogP contribution < -0.4 is 10.6 Å². The minimum Gasteiger partial charge on any atom is -0.334 e. The first-order chi connectivity index (χ1) is 11.7. The number of hydrogen-bond acceptors (Lipinski definition) is 3. The van der Waals surface area contributed by atoms with Crippen LogP contribution in [0.4, 0.5) is 18.9 Å². The third-order valence-electron chi connectivity index (χ3n) is 4.20. The van der Waals surface area contributed by atoms with Gasteiger partial charge < -0.3 is 15.5 Å². The molecule has 0 spiro atoms. The quantitative estimate of drug-likeness (QED) is 0.871. The predicted molar refractivity (Wildman–Crippen MR) is 87.8 cm³/mol. The monoisotopic (exact) mass is 357 g/mol. The van der Waals surface area contributed by atoms with Crippen molar-refractivity contribution in [3.05, 3.63) is 29.8 Å². The lowest BCUT2D eigenvalue weighted by atomic mass is 9.92. The summed E-state index contributed by atoms with van der Waals surface area (Å²) in [6.07, 6.45) is -3.40. The van der Waals surface area contributed by atoms with Crippen molar-refractivity contribution in [1.29, 1.82) is 0 Å². The Labute approximate surface area is 144 Å². The molecule has 0 aliphatic carbocycles. The summed E-state index contributed by atoms with van der Waals surface area (Å²) in [7, 11) is 1.09. The summed E-state index contributed by atoms with van der Waals surface area (Å²) in [6, 6.07) is 6.79. The van der Waals surface area contributed by atoms with Gasteiger partial charge in [0.25, 0.3) is 0 Å². The van der Waals surface area contributed by atoms with Crippen molar-refractivity contribution >= 4 is 17.5 Å². The first-order valence-electron chi connectivity index (χ1n) is 8.12. The Hall–Kier alpha value is -2.09. The van der Waals surface area contributed by atoms with Crippen LogP contribution in [0.3, 0.4) is 0 Å². The molecule has 0 unspecified atom stereocenters. The molecule has 1 saturated heterocycles. The number of amides is 2. The minimum absolute atomic E-state index is 0.0885. The largest absolute Gasteiger partial charge is 0.471 e. The van der Waals surface area contributed by atoms with Gasteiger partial charge in [0, 0.05) is 31.2 Å². The number of anilines is 1. The number of carbonyl (C=O) groups excluding carboxylic acids is 2. The molecule has 8 heteroatoms. The van der Waals surface area contributed by atoms with Crippen LogP contribution >= 0.6 is 0 Å². The predicted octanol–water partition coefficient (Wildman–Crippen LogP) is 2.53. The van der Waals surface area contributed by atoms with E-state index in [0.29, 0.717) is 16.2 Å². The van der Waals surface area contributed by atoms with E-state index in [0.717, 1.165) is 26.4 Å². The van der Waals surface area contributed by atoms with E-state index >= 15 is 0 Å². The summed E-state index contributed by atoms with van der Waals surface area (Å²) >= 11 is 0. The molecule has 0 saturated carbocycles. The number of rotatable bonds is 4. The average molecular weight is 357 g/mol. The van der Waals surface area contributed by atoms with Gasteiger partial charge in [-0.2, -0.15) is 13.2 Å². The van der Waals surface area contributed by atoms with Gasteiger partial charge in [-0.15, -0.1) is 0 Å². The highest BCUT2D eigenvalue weighted by atomic mass is 19.4. The van der Waals surface area contributed by atoms with Crippen LogP contribution in [0.15, 0.2) is 24.3 Å². The zero-order chi connectivity index (χ0) is 18.6. The van der Waals surface area contributed by atoms with Gasteiger partial charge in [-0.1, -0.05) is 12.1 Å². The second-order valence-electron chi connectivity index (χ2n) is 6.43. The molecule has 0 bridgehead atoms. The number of nitrogens with one attached hydrogen (secondary N) is 2. The van der Waals surface area contributed by atoms with Crippen LogP contribution in [-0.4, -0.2) is 42.5 Å². The van der Waals surface area contributed by atoms with Crippen LogP contribution in [0.1, 0.15) is 25.3 Å². The molecule has 1 aliphatic heterocycles. The highest BCUT2D eigenvalue weighted by Gasteiger charge is 2.41. The fraction of sp³-hybridized carbons (Fsp3) is 0.529. The molecule has 1 aromatic carbocycles. The molecular weight excluding hydrogens is 335 g/mol. The van der Waals surface area contributed by atoms with E-state index in [-0.39, 0.29) is 24.4 Å². The third kappa shape index (κ3) is 5.45. The molecule has 5 nitrogen and oxygen atoms in total. The van der Waals surface area contributed by atoms with Gasteiger partial charge in [-0.3, -0.25) is 9.59 Å². The fourth-order valence-electron chi connectivity index (χ4n) is 2.92. The van der Waals surface area contributed by atoms with E-state index < -0.39 is 12.1 Å². The molecule has 2 rings (SSSR count).